The molecule has 3 nitrogen and oxygen atoms in total. The summed E-state index contributed by atoms with van der Waals surface area (Å²) in [5, 5.41) is 2.86. The number of carbonyl (C=O) groups excluding carboxylic acids is 1. The van der Waals surface area contributed by atoms with Crippen LogP contribution in [0, 0.1) is 13.8 Å². The van der Waals surface area contributed by atoms with Crippen LogP contribution in [0.1, 0.15) is 35.1 Å². The molecule has 0 saturated heterocycles. The van der Waals surface area contributed by atoms with Crippen LogP contribution < -0.4 is 5.32 Å². The zero-order chi connectivity index (χ0) is 12.0. The molecule has 1 heterocycles. The van der Waals surface area contributed by atoms with Gasteiger partial charge in [-0.2, -0.15) is 0 Å². The predicted octanol–water partition coefficient (Wildman–Crippen LogP) is 2.39. The fraction of sp³-hybridized carbons (Fsp3) is 0.385. The summed E-state index contributed by atoms with van der Waals surface area (Å²) in [4.78, 5) is 16.0. The normalized spacial score (nSPS) is 10.7. The van der Waals surface area contributed by atoms with E-state index in [1.54, 1.807) is 0 Å². The molecule has 0 aliphatic rings. The summed E-state index contributed by atoms with van der Waals surface area (Å²) >= 11 is 0. The Morgan fingerprint density at radius 3 is 2.81 bits per heavy atom. The van der Waals surface area contributed by atoms with Crippen LogP contribution in [0.2, 0.25) is 0 Å². The summed E-state index contributed by atoms with van der Waals surface area (Å²) < 4.78 is 0. The quantitative estimate of drug-likeness (QED) is 0.623. The first kappa shape index (κ1) is 12.4. The molecule has 1 aromatic rings. The maximum atomic E-state index is 11.8. The Morgan fingerprint density at radius 1 is 1.44 bits per heavy atom. The molecule has 86 valence electrons. The Labute approximate surface area is 96.6 Å². The van der Waals surface area contributed by atoms with Crippen molar-refractivity contribution in [3.8, 4) is 0 Å². The summed E-state index contributed by atoms with van der Waals surface area (Å²) in [6.07, 6.45) is 4.87. The Hall–Kier alpha value is -1.64. The summed E-state index contributed by atoms with van der Waals surface area (Å²) in [5.41, 5.74) is 2.37. The average molecular weight is 218 g/mol. The molecular weight excluding hydrogens is 200 g/mol. The third-order valence-electron chi connectivity index (χ3n) is 2.30. The molecule has 0 fully saturated rings. The third-order valence-corrected chi connectivity index (χ3v) is 2.30. The van der Waals surface area contributed by atoms with E-state index in [1.807, 2.05) is 45.1 Å². The van der Waals surface area contributed by atoms with Crippen molar-refractivity contribution >= 4 is 5.91 Å². The molecule has 0 radical (unpaired) electrons. The van der Waals surface area contributed by atoms with Crippen LogP contribution in [-0.4, -0.2) is 17.4 Å². The van der Waals surface area contributed by atoms with Crippen molar-refractivity contribution in [3.63, 3.8) is 0 Å². The second-order valence-corrected chi connectivity index (χ2v) is 3.70. The summed E-state index contributed by atoms with van der Waals surface area (Å²) in [7, 11) is 0. The van der Waals surface area contributed by atoms with E-state index in [0.29, 0.717) is 12.1 Å². The second-order valence-electron chi connectivity index (χ2n) is 3.70. The van der Waals surface area contributed by atoms with Gasteiger partial charge in [-0.15, -0.1) is 0 Å². The highest BCUT2D eigenvalue weighted by Gasteiger charge is 2.08. The minimum atomic E-state index is -0.0468. The molecule has 0 aromatic carbocycles. The number of nitrogens with one attached hydrogen (secondary N) is 1. The first-order valence-corrected chi connectivity index (χ1v) is 5.48. The Kier molecular flexibility index (Phi) is 4.70. The van der Waals surface area contributed by atoms with Crippen molar-refractivity contribution in [1.82, 2.24) is 10.3 Å². The SMILES string of the molecule is C/C=C/CCNC(=O)c1ccc(C)nc1C. The molecule has 0 bridgehead atoms. The number of amides is 1. The number of pyridine rings is 1. The van der Waals surface area contributed by atoms with Crippen molar-refractivity contribution in [1.29, 1.82) is 0 Å². The van der Waals surface area contributed by atoms with Crippen LogP contribution in [0.4, 0.5) is 0 Å². The van der Waals surface area contributed by atoms with Crippen LogP contribution in [0.5, 0.6) is 0 Å². The van der Waals surface area contributed by atoms with Crippen molar-refractivity contribution in [2.24, 2.45) is 0 Å². The van der Waals surface area contributed by atoms with Crippen molar-refractivity contribution < 1.29 is 4.79 Å². The van der Waals surface area contributed by atoms with Gasteiger partial charge in [0.25, 0.3) is 5.91 Å². The largest absolute Gasteiger partial charge is 0.352 e. The lowest BCUT2D eigenvalue weighted by Crippen LogP contribution is -2.25. The molecule has 0 unspecified atom stereocenters. The number of hydrogen-bond donors (Lipinski definition) is 1. The van der Waals surface area contributed by atoms with E-state index in [4.69, 9.17) is 0 Å². The van der Waals surface area contributed by atoms with Crippen molar-refractivity contribution in [2.45, 2.75) is 27.2 Å². The van der Waals surface area contributed by atoms with Crippen molar-refractivity contribution in [2.75, 3.05) is 6.54 Å². The lowest BCUT2D eigenvalue weighted by molar-refractivity contribution is 0.0953. The number of rotatable bonds is 4. The number of hydrogen-bond acceptors (Lipinski definition) is 2. The highest BCUT2D eigenvalue weighted by atomic mass is 16.1. The lowest BCUT2D eigenvalue weighted by Gasteiger charge is -2.06. The number of carbonyl (C=O) groups is 1. The van der Waals surface area contributed by atoms with E-state index in [-0.39, 0.29) is 5.91 Å². The van der Waals surface area contributed by atoms with E-state index in [0.717, 1.165) is 17.8 Å². The standard InChI is InChI=1S/C13H18N2O/c1-4-5-6-9-14-13(16)12-8-7-10(2)15-11(12)3/h4-5,7-8H,6,9H2,1-3H3,(H,14,16)/b5-4+. The Bertz CT molecular complexity index is 397. The average Bonchev–Trinajstić information content (AvgIpc) is 2.24. The number of aryl methyl sites for hydroxylation is 2. The van der Waals surface area contributed by atoms with Gasteiger partial charge in [0, 0.05) is 12.2 Å². The molecule has 1 aromatic heterocycles. The molecule has 1 N–H and O–H groups in total. The van der Waals surface area contributed by atoms with Crippen LogP contribution in [0.3, 0.4) is 0 Å². The monoisotopic (exact) mass is 218 g/mol. The molecule has 0 aliphatic heterocycles. The van der Waals surface area contributed by atoms with Gasteiger partial charge in [0.15, 0.2) is 0 Å². The maximum absolute atomic E-state index is 11.8. The molecule has 1 rings (SSSR count). The number of allylic oxidation sites excluding steroid dienone is 1. The number of nitrogens with zero attached hydrogens (tertiary/aromatic N) is 1. The van der Waals surface area contributed by atoms with Crippen LogP contribution in [0.15, 0.2) is 24.3 Å². The zero-order valence-electron chi connectivity index (χ0n) is 10.1. The zero-order valence-corrected chi connectivity index (χ0v) is 10.1. The van der Waals surface area contributed by atoms with Gasteiger partial charge in [0.05, 0.1) is 11.3 Å². The highest BCUT2D eigenvalue weighted by Crippen LogP contribution is 2.05. The van der Waals surface area contributed by atoms with Gasteiger partial charge in [-0.3, -0.25) is 9.78 Å². The van der Waals surface area contributed by atoms with Gasteiger partial charge >= 0.3 is 0 Å². The minimum absolute atomic E-state index is 0.0468. The fourth-order valence-electron chi connectivity index (χ4n) is 1.46. The van der Waals surface area contributed by atoms with Gasteiger partial charge in [-0.25, -0.2) is 0 Å². The van der Waals surface area contributed by atoms with Gasteiger partial charge in [-0.05, 0) is 39.3 Å². The first-order valence-electron chi connectivity index (χ1n) is 5.48. The van der Waals surface area contributed by atoms with Gasteiger partial charge in [0.2, 0.25) is 0 Å². The molecule has 16 heavy (non-hydrogen) atoms. The van der Waals surface area contributed by atoms with Crippen LogP contribution in [-0.2, 0) is 0 Å². The van der Waals surface area contributed by atoms with E-state index < -0.39 is 0 Å². The van der Waals surface area contributed by atoms with Crippen LogP contribution in [0.25, 0.3) is 0 Å². The molecule has 0 spiro atoms. The highest BCUT2D eigenvalue weighted by molar-refractivity contribution is 5.95. The summed E-state index contributed by atoms with van der Waals surface area (Å²) in [6.45, 7) is 6.40. The van der Waals surface area contributed by atoms with Crippen LogP contribution >= 0.6 is 0 Å². The van der Waals surface area contributed by atoms with Crippen molar-refractivity contribution in [3.05, 3.63) is 41.2 Å². The van der Waals surface area contributed by atoms with E-state index in [2.05, 4.69) is 10.3 Å². The smallest absolute Gasteiger partial charge is 0.253 e. The van der Waals surface area contributed by atoms with Gasteiger partial charge < -0.3 is 5.32 Å². The fourth-order valence-corrected chi connectivity index (χ4v) is 1.46. The molecule has 1 amide bonds. The summed E-state index contributed by atoms with van der Waals surface area (Å²) in [6, 6.07) is 3.68. The molecule has 3 heteroatoms. The van der Waals surface area contributed by atoms with Gasteiger partial charge in [-0.1, -0.05) is 12.2 Å². The van der Waals surface area contributed by atoms with E-state index in [9.17, 15) is 4.79 Å². The lowest BCUT2D eigenvalue weighted by atomic mass is 10.1. The first-order chi connectivity index (χ1) is 7.65. The summed E-state index contributed by atoms with van der Waals surface area (Å²) in [5.74, 6) is -0.0468. The minimum Gasteiger partial charge on any atom is -0.352 e. The maximum Gasteiger partial charge on any atom is 0.253 e. The van der Waals surface area contributed by atoms with E-state index in [1.165, 1.54) is 0 Å². The molecule has 0 aliphatic carbocycles. The third kappa shape index (κ3) is 3.50. The predicted molar refractivity (Wildman–Crippen MR) is 65.5 cm³/mol. The Morgan fingerprint density at radius 2 is 2.19 bits per heavy atom. The number of aromatic nitrogens is 1. The second kappa shape index (κ2) is 6.05. The topological polar surface area (TPSA) is 42.0 Å². The van der Waals surface area contributed by atoms with Gasteiger partial charge in [0.1, 0.15) is 0 Å². The molecular formula is C13H18N2O. The molecule has 0 atom stereocenters. The Balaban J connectivity index is 2.59. The van der Waals surface area contributed by atoms with E-state index >= 15 is 0 Å². The molecule has 0 saturated carbocycles.